The quantitative estimate of drug-likeness (QED) is 0.310. The molecule has 1 aromatic carbocycles. The van der Waals surface area contributed by atoms with E-state index in [1.54, 1.807) is 6.07 Å². The number of nitrogens with zero attached hydrogens (tertiary/aromatic N) is 1. The van der Waals surface area contributed by atoms with Crippen molar-refractivity contribution in [3.05, 3.63) is 52.9 Å². The molecule has 1 aliphatic rings. The van der Waals surface area contributed by atoms with Crippen LogP contribution < -0.4 is 10.2 Å². The second-order valence-corrected chi connectivity index (χ2v) is 7.31. The molecule has 0 radical (unpaired) electrons. The SMILES string of the molecule is CCCC/C=C\CCOc1ccc(C2=N/C(=C(/C)CCCC)ON2)cc1C(F)(F)F. The third kappa shape index (κ3) is 7.11. The summed E-state index contributed by atoms with van der Waals surface area (Å²) in [5.41, 5.74) is 3.07. The number of allylic oxidation sites excluding steroid dienone is 2. The molecule has 1 heterocycles. The highest BCUT2D eigenvalue weighted by Gasteiger charge is 2.35. The number of rotatable bonds is 11. The van der Waals surface area contributed by atoms with Gasteiger partial charge in [-0.2, -0.15) is 18.2 Å². The zero-order chi connectivity index (χ0) is 22.0. The Bertz CT molecular complexity index is 783. The van der Waals surface area contributed by atoms with E-state index >= 15 is 0 Å². The van der Waals surface area contributed by atoms with Gasteiger partial charge in [0.2, 0.25) is 5.88 Å². The summed E-state index contributed by atoms with van der Waals surface area (Å²) in [6, 6.07) is 3.95. The molecule has 4 nitrogen and oxygen atoms in total. The highest BCUT2D eigenvalue weighted by atomic mass is 19.4. The lowest BCUT2D eigenvalue weighted by Gasteiger charge is -2.15. The van der Waals surface area contributed by atoms with Crippen molar-refractivity contribution in [2.24, 2.45) is 4.99 Å². The molecule has 0 unspecified atom stereocenters. The molecule has 0 amide bonds. The Morgan fingerprint density at radius 1 is 1.13 bits per heavy atom. The minimum Gasteiger partial charge on any atom is -0.493 e. The molecular formula is C23H31F3N2O2. The number of hydrogen-bond acceptors (Lipinski definition) is 4. The van der Waals surface area contributed by atoms with E-state index in [0.29, 0.717) is 17.9 Å². The van der Waals surface area contributed by atoms with Crippen LogP contribution in [0.2, 0.25) is 0 Å². The minimum atomic E-state index is -4.53. The second-order valence-electron chi connectivity index (χ2n) is 7.31. The average molecular weight is 425 g/mol. The zero-order valence-corrected chi connectivity index (χ0v) is 17.9. The summed E-state index contributed by atoms with van der Waals surface area (Å²) in [5.74, 6) is 0.501. The molecule has 7 heteroatoms. The van der Waals surface area contributed by atoms with Gasteiger partial charge in [-0.3, -0.25) is 0 Å². The molecular weight excluding hydrogens is 393 g/mol. The van der Waals surface area contributed by atoms with Crippen molar-refractivity contribution in [1.82, 2.24) is 5.48 Å². The van der Waals surface area contributed by atoms with Crippen molar-refractivity contribution in [2.45, 2.75) is 71.9 Å². The Morgan fingerprint density at radius 3 is 2.57 bits per heavy atom. The summed E-state index contributed by atoms with van der Waals surface area (Å²) < 4.78 is 46.2. The van der Waals surface area contributed by atoms with Crippen LogP contribution in [0.25, 0.3) is 0 Å². The van der Waals surface area contributed by atoms with Gasteiger partial charge >= 0.3 is 6.18 Å². The molecule has 166 valence electrons. The van der Waals surface area contributed by atoms with Crippen LogP contribution in [0.5, 0.6) is 5.75 Å². The number of aliphatic imine (C=N–C) groups is 1. The fraction of sp³-hybridized carbons (Fsp3) is 0.522. The normalized spacial score (nSPS) is 15.7. The van der Waals surface area contributed by atoms with E-state index in [2.05, 4.69) is 24.3 Å². The molecule has 0 atom stereocenters. The number of halogens is 3. The first kappa shape index (κ1) is 23.8. The third-order valence-corrected chi connectivity index (χ3v) is 4.72. The lowest BCUT2D eigenvalue weighted by molar-refractivity contribution is -0.138. The van der Waals surface area contributed by atoms with Crippen LogP contribution in [-0.4, -0.2) is 12.4 Å². The number of nitrogens with one attached hydrogen (secondary N) is 1. The maximum absolute atomic E-state index is 13.6. The summed E-state index contributed by atoms with van der Waals surface area (Å²) in [6.07, 6.45) is 6.09. The van der Waals surface area contributed by atoms with Gasteiger partial charge in [0.05, 0.1) is 12.2 Å². The number of hydroxylamine groups is 1. The predicted octanol–water partition coefficient (Wildman–Crippen LogP) is 6.92. The molecule has 0 saturated carbocycles. The molecule has 1 aromatic rings. The van der Waals surface area contributed by atoms with Crippen LogP contribution in [0.4, 0.5) is 13.2 Å². The smallest absolute Gasteiger partial charge is 0.419 e. The van der Waals surface area contributed by atoms with Gasteiger partial charge in [-0.05, 0) is 56.4 Å². The van der Waals surface area contributed by atoms with Gasteiger partial charge < -0.3 is 9.57 Å². The lowest BCUT2D eigenvalue weighted by atomic mass is 10.1. The van der Waals surface area contributed by atoms with E-state index in [-0.39, 0.29) is 18.2 Å². The van der Waals surface area contributed by atoms with Crippen LogP contribution in [0.1, 0.15) is 76.8 Å². The molecule has 0 spiro atoms. The van der Waals surface area contributed by atoms with Crippen molar-refractivity contribution in [1.29, 1.82) is 0 Å². The molecule has 2 rings (SSSR count). The summed E-state index contributed by atoms with van der Waals surface area (Å²) in [4.78, 5) is 9.68. The summed E-state index contributed by atoms with van der Waals surface area (Å²) in [6.45, 7) is 6.30. The van der Waals surface area contributed by atoms with Crippen molar-refractivity contribution < 1.29 is 22.7 Å². The molecule has 0 bridgehead atoms. The number of unbranched alkanes of at least 4 members (excludes halogenated alkanes) is 3. The highest BCUT2D eigenvalue weighted by Crippen LogP contribution is 2.37. The number of ether oxygens (including phenoxy) is 1. The van der Waals surface area contributed by atoms with Gasteiger partial charge in [-0.25, -0.2) is 5.48 Å². The molecule has 1 N–H and O–H groups in total. The highest BCUT2D eigenvalue weighted by molar-refractivity contribution is 6.00. The fourth-order valence-electron chi connectivity index (χ4n) is 2.92. The van der Waals surface area contributed by atoms with Crippen molar-refractivity contribution in [2.75, 3.05) is 6.61 Å². The van der Waals surface area contributed by atoms with Gasteiger partial charge in [-0.1, -0.05) is 45.3 Å². The van der Waals surface area contributed by atoms with Crippen LogP contribution in [0.3, 0.4) is 0 Å². The van der Waals surface area contributed by atoms with E-state index < -0.39 is 11.7 Å². The number of amidine groups is 1. The predicted molar refractivity (Wildman–Crippen MR) is 113 cm³/mol. The Morgan fingerprint density at radius 2 is 1.87 bits per heavy atom. The Kier molecular flexibility index (Phi) is 9.27. The van der Waals surface area contributed by atoms with Gasteiger partial charge in [0.15, 0.2) is 5.84 Å². The van der Waals surface area contributed by atoms with Gasteiger partial charge in [0, 0.05) is 5.56 Å². The van der Waals surface area contributed by atoms with Gasteiger partial charge in [-0.15, -0.1) is 0 Å². The topological polar surface area (TPSA) is 42.9 Å². The molecule has 0 saturated heterocycles. The summed E-state index contributed by atoms with van der Waals surface area (Å²) in [7, 11) is 0. The first-order valence-electron chi connectivity index (χ1n) is 10.6. The Balaban J connectivity index is 2.12. The van der Waals surface area contributed by atoms with E-state index in [0.717, 1.165) is 50.2 Å². The first-order valence-corrected chi connectivity index (χ1v) is 10.6. The first-order chi connectivity index (χ1) is 14.4. The van der Waals surface area contributed by atoms with Crippen LogP contribution >= 0.6 is 0 Å². The van der Waals surface area contributed by atoms with E-state index in [1.807, 2.05) is 19.1 Å². The van der Waals surface area contributed by atoms with Crippen molar-refractivity contribution >= 4 is 5.84 Å². The van der Waals surface area contributed by atoms with Crippen LogP contribution in [0.15, 0.2) is 46.8 Å². The minimum absolute atomic E-state index is 0.178. The average Bonchev–Trinajstić information content (AvgIpc) is 3.21. The second kappa shape index (κ2) is 11.7. The molecule has 0 fully saturated rings. The lowest BCUT2D eigenvalue weighted by Crippen LogP contribution is -2.19. The molecule has 0 aromatic heterocycles. The summed E-state index contributed by atoms with van der Waals surface area (Å²) >= 11 is 0. The van der Waals surface area contributed by atoms with E-state index in [4.69, 9.17) is 9.57 Å². The Hall–Kier alpha value is -2.44. The van der Waals surface area contributed by atoms with Gasteiger partial charge in [0.25, 0.3) is 0 Å². The van der Waals surface area contributed by atoms with Crippen LogP contribution in [0, 0.1) is 0 Å². The summed E-state index contributed by atoms with van der Waals surface area (Å²) in [5, 5.41) is 0. The molecule has 30 heavy (non-hydrogen) atoms. The standard InChI is InChI=1S/C23H31F3N2O2/c1-4-6-8-9-10-11-15-29-20-14-13-18(16-19(20)23(24,25)26)21-27-22(30-28-21)17(3)12-7-5-2/h9-10,13-14,16H,4-8,11-12,15H2,1-3H3,(H,27,28)/b10-9-,22-17+. The number of hydrogen-bond donors (Lipinski definition) is 1. The third-order valence-electron chi connectivity index (χ3n) is 4.72. The maximum atomic E-state index is 13.6. The largest absolute Gasteiger partial charge is 0.493 e. The maximum Gasteiger partial charge on any atom is 0.419 e. The fourth-order valence-corrected chi connectivity index (χ4v) is 2.92. The van der Waals surface area contributed by atoms with Crippen LogP contribution in [-0.2, 0) is 11.0 Å². The Labute approximate surface area is 176 Å². The zero-order valence-electron chi connectivity index (χ0n) is 17.9. The van der Waals surface area contributed by atoms with Crippen molar-refractivity contribution in [3.63, 3.8) is 0 Å². The van der Waals surface area contributed by atoms with E-state index in [9.17, 15) is 13.2 Å². The van der Waals surface area contributed by atoms with E-state index in [1.165, 1.54) is 6.07 Å². The number of benzene rings is 1. The van der Waals surface area contributed by atoms with Gasteiger partial charge in [0.1, 0.15) is 5.75 Å². The monoisotopic (exact) mass is 424 g/mol. The van der Waals surface area contributed by atoms with Crippen molar-refractivity contribution in [3.8, 4) is 5.75 Å². The molecule has 0 aliphatic carbocycles. The number of alkyl halides is 3. The molecule has 1 aliphatic heterocycles.